The van der Waals surface area contributed by atoms with Gasteiger partial charge < -0.3 is 4.90 Å². The highest BCUT2D eigenvalue weighted by molar-refractivity contribution is 6.31. The van der Waals surface area contributed by atoms with E-state index in [1.54, 1.807) is 6.08 Å². The SMILES string of the molecule is C=CCN1C(=O)NC(=O)/C(=C/c2ccc3c(c2)CCN3CCCC)C1=O. The number of anilines is 1. The van der Waals surface area contributed by atoms with E-state index in [1.807, 2.05) is 18.2 Å². The second-order valence-electron chi connectivity index (χ2n) is 6.50. The number of nitrogens with one attached hydrogen (secondary N) is 1. The molecule has 1 fully saturated rings. The lowest BCUT2D eigenvalue weighted by Gasteiger charge is -2.25. The van der Waals surface area contributed by atoms with Crippen LogP contribution in [0.2, 0.25) is 0 Å². The number of hydrogen-bond donors (Lipinski definition) is 1. The fourth-order valence-corrected chi connectivity index (χ4v) is 3.32. The summed E-state index contributed by atoms with van der Waals surface area (Å²) < 4.78 is 0. The lowest BCUT2D eigenvalue weighted by Crippen LogP contribution is -2.54. The average molecular weight is 353 g/mol. The largest absolute Gasteiger partial charge is 0.371 e. The van der Waals surface area contributed by atoms with Gasteiger partial charge in [0.1, 0.15) is 5.57 Å². The zero-order valence-electron chi connectivity index (χ0n) is 15.0. The molecule has 1 saturated heterocycles. The molecule has 1 aromatic carbocycles. The molecule has 2 aliphatic heterocycles. The van der Waals surface area contributed by atoms with E-state index < -0.39 is 17.8 Å². The first kappa shape index (κ1) is 17.9. The van der Waals surface area contributed by atoms with Crippen molar-refractivity contribution in [2.24, 2.45) is 0 Å². The molecule has 2 heterocycles. The molecule has 0 saturated carbocycles. The number of fused-ring (bicyclic) bond motifs is 1. The number of amides is 4. The van der Waals surface area contributed by atoms with Gasteiger partial charge in [0.05, 0.1) is 0 Å². The number of barbiturate groups is 1. The number of carbonyl (C=O) groups is 3. The highest BCUT2D eigenvalue weighted by Gasteiger charge is 2.35. The molecule has 1 N–H and O–H groups in total. The van der Waals surface area contributed by atoms with Crippen molar-refractivity contribution in [2.45, 2.75) is 26.2 Å². The second kappa shape index (κ2) is 7.56. The van der Waals surface area contributed by atoms with Gasteiger partial charge in [0, 0.05) is 25.3 Å². The zero-order valence-corrected chi connectivity index (χ0v) is 15.0. The van der Waals surface area contributed by atoms with Crippen LogP contribution in [-0.2, 0) is 16.0 Å². The van der Waals surface area contributed by atoms with Gasteiger partial charge in [-0.15, -0.1) is 6.58 Å². The first-order chi connectivity index (χ1) is 12.5. The van der Waals surface area contributed by atoms with Gasteiger partial charge in [-0.2, -0.15) is 0 Å². The Labute approximate surface area is 153 Å². The van der Waals surface area contributed by atoms with Crippen molar-refractivity contribution < 1.29 is 14.4 Å². The number of imide groups is 2. The first-order valence-corrected chi connectivity index (χ1v) is 8.92. The molecule has 26 heavy (non-hydrogen) atoms. The molecule has 1 aromatic rings. The number of urea groups is 1. The lowest BCUT2D eigenvalue weighted by atomic mass is 10.0. The van der Waals surface area contributed by atoms with E-state index in [-0.39, 0.29) is 12.1 Å². The number of unbranched alkanes of at least 4 members (excludes halogenated alkanes) is 1. The molecule has 136 valence electrons. The summed E-state index contributed by atoms with van der Waals surface area (Å²) in [7, 11) is 0. The monoisotopic (exact) mass is 353 g/mol. The van der Waals surface area contributed by atoms with Gasteiger partial charge in [0.2, 0.25) is 0 Å². The summed E-state index contributed by atoms with van der Waals surface area (Å²) >= 11 is 0. The molecule has 3 rings (SSSR count). The van der Waals surface area contributed by atoms with Crippen LogP contribution in [0.3, 0.4) is 0 Å². The van der Waals surface area contributed by atoms with E-state index >= 15 is 0 Å². The molecule has 4 amide bonds. The third-order valence-corrected chi connectivity index (χ3v) is 4.69. The van der Waals surface area contributed by atoms with Crippen molar-refractivity contribution in [2.75, 3.05) is 24.5 Å². The molecule has 6 nitrogen and oxygen atoms in total. The molecule has 0 radical (unpaired) electrons. The van der Waals surface area contributed by atoms with E-state index in [0.29, 0.717) is 0 Å². The summed E-state index contributed by atoms with van der Waals surface area (Å²) in [5, 5.41) is 2.20. The van der Waals surface area contributed by atoms with E-state index in [0.717, 1.165) is 42.8 Å². The molecular formula is C20H23N3O3. The van der Waals surface area contributed by atoms with Crippen LogP contribution in [0, 0.1) is 0 Å². The van der Waals surface area contributed by atoms with Crippen molar-refractivity contribution in [3.8, 4) is 0 Å². The van der Waals surface area contributed by atoms with Crippen LogP contribution in [-0.4, -0.2) is 42.4 Å². The molecular weight excluding hydrogens is 330 g/mol. The van der Waals surface area contributed by atoms with Crippen LogP contribution in [0.4, 0.5) is 10.5 Å². The highest BCUT2D eigenvalue weighted by Crippen LogP contribution is 2.30. The predicted octanol–water partition coefficient (Wildman–Crippen LogP) is 2.50. The van der Waals surface area contributed by atoms with Crippen LogP contribution in [0.15, 0.2) is 36.4 Å². The quantitative estimate of drug-likeness (QED) is 0.485. The highest BCUT2D eigenvalue weighted by atomic mass is 16.2. The van der Waals surface area contributed by atoms with Crippen molar-refractivity contribution >= 4 is 29.6 Å². The van der Waals surface area contributed by atoms with Crippen molar-refractivity contribution in [1.82, 2.24) is 10.2 Å². The van der Waals surface area contributed by atoms with Crippen LogP contribution in [0.25, 0.3) is 6.08 Å². The third kappa shape index (κ3) is 3.40. The van der Waals surface area contributed by atoms with E-state index in [9.17, 15) is 14.4 Å². The number of rotatable bonds is 6. The normalized spacial score (nSPS) is 18.3. The number of benzene rings is 1. The van der Waals surface area contributed by atoms with Crippen LogP contribution in [0.1, 0.15) is 30.9 Å². The van der Waals surface area contributed by atoms with Gasteiger partial charge in [-0.25, -0.2) is 4.79 Å². The minimum absolute atomic E-state index is 0.0350. The fourth-order valence-electron chi connectivity index (χ4n) is 3.32. The Morgan fingerprint density at radius 1 is 1.27 bits per heavy atom. The summed E-state index contributed by atoms with van der Waals surface area (Å²) in [6.07, 6.45) is 6.28. The minimum Gasteiger partial charge on any atom is -0.371 e. The Hall–Kier alpha value is -2.89. The van der Waals surface area contributed by atoms with Gasteiger partial charge in [0.15, 0.2) is 0 Å². The standard InChI is InChI=1S/C20H23N3O3/c1-3-5-10-22-11-8-15-12-14(6-7-17(15)22)13-16-18(24)21-20(26)23(9-4-2)19(16)25/h4,6-7,12-13H,2-3,5,8-11H2,1H3,(H,21,24,26)/b16-13-. The van der Waals surface area contributed by atoms with Gasteiger partial charge in [0.25, 0.3) is 11.8 Å². The molecule has 0 spiro atoms. The van der Waals surface area contributed by atoms with Crippen molar-refractivity contribution in [3.63, 3.8) is 0 Å². The maximum absolute atomic E-state index is 12.5. The Kier molecular flexibility index (Phi) is 5.21. The number of hydrogen-bond acceptors (Lipinski definition) is 4. The number of carbonyl (C=O) groups excluding carboxylic acids is 3. The van der Waals surface area contributed by atoms with E-state index in [2.05, 4.69) is 23.7 Å². The molecule has 6 heteroatoms. The van der Waals surface area contributed by atoms with Gasteiger partial charge >= 0.3 is 6.03 Å². The summed E-state index contributed by atoms with van der Waals surface area (Å²) in [6, 6.07) is 5.26. The van der Waals surface area contributed by atoms with Gasteiger partial charge in [-0.1, -0.05) is 25.5 Å². The van der Waals surface area contributed by atoms with Crippen LogP contribution >= 0.6 is 0 Å². The predicted molar refractivity (Wildman–Crippen MR) is 101 cm³/mol. The summed E-state index contributed by atoms with van der Waals surface area (Å²) in [4.78, 5) is 39.7. The van der Waals surface area contributed by atoms with Crippen LogP contribution < -0.4 is 10.2 Å². The Bertz CT molecular complexity index is 797. The van der Waals surface area contributed by atoms with Crippen molar-refractivity contribution in [1.29, 1.82) is 0 Å². The zero-order chi connectivity index (χ0) is 18.7. The Morgan fingerprint density at radius 3 is 2.81 bits per heavy atom. The molecule has 0 aromatic heterocycles. The lowest BCUT2D eigenvalue weighted by molar-refractivity contribution is -0.129. The number of nitrogens with zero attached hydrogens (tertiary/aromatic N) is 2. The maximum Gasteiger partial charge on any atom is 0.331 e. The smallest absolute Gasteiger partial charge is 0.331 e. The second-order valence-corrected chi connectivity index (χ2v) is 6.50. The topological polar surface area (TPSA) is 69.7 Å². The molecule has 0 bridgehead atoms. The van der Waals surface area contributed by atoms with E-state index in [4.69, 9.17) is 0 Å². The molecule has 2 aliphatic rings. The first-order valence-electron chi connectivity index (χ1n) is 8.92. The summed E-state index contributed by atoms with van der Waals surface area (Å²) in [5.74, 6) is -1.26. The van der Waals surface area contributed by atoms with Crippen molar-refractivity contribution in [3.05, 3.63) is 47.6 Å². The van der Waals surface area contributed by atoms with E-state index in [1.165, 1.54) is 17.3 Å². The Balaban J connectivity index is 1.85. The molecule has 0 atom stereocenters. The summed E-state index contributed by atoms with van der Waals surface area (Å²) in [5.41, 5.74) is 3.20. The minimum atomic E-state index is -0.711. The Morgan fingerprint density at radius 2 is 2.08 bits per heavy atom. The summed E-state index contributed by atoms with van der Waals surface area (Å²) in [6.45, 7) is 7.82. The maximum atomic E-state index is 12.5. The molecule has 0 aliphatic carbocycles. The van der Waals surface area contributed by atoms with Gasteiger partial charge in [-0.3, -0.25) is 19.8 Å². The van der Waals surface area contributed by atoms with Gasteiger partial charge in [-0.05, 0) is 42.2 Å². The fraction of sp³-hybridized carbons (Fsp3) is 0.350. The average Bonchev–Trinajstić information content (AvgIpc) is 3.02. The molecule has 0 unspecified atom stereocenters. The van der Waals surface area contributed by atoms with Crippen LogP contribution in [0.5, 0.6) is 0 Å². The third-order valence-electron chi connectivity index (χ3n) is 4.69.